The van der Waals surface area contributed by atoms with Gasteiger partial charge in [-0.2, -0.15) is 5.10 Å². The molecule has 0 aliphatic carbocycles. The normalized spacial score (nSPS) is 12.7. The Morgan fingerprint density at radius 2 is 2.12 bits per heavy atom. The Labute approximate surface area is 109 Å². The van der Waals surface area contributed by atoms with Crippen LogP contribution in [0.4, 0.5) is 0 Å². The molecule has 4 heteroatoms. The van der Waals surface area contributed by atoms with Crippen molar-refractivity contribution in [3.63, 3.8) is 0 Å². The van der Waals surface area contributed by atoms with E-state index in [0.717, 1.165) is 21.4 Å². The second-order valence-electron chi connectivity index (χ2n) is 4.18. The van der Waals surface area contributed by atoms with Gasteiger partial charge in [0.2, 0.25) is 0 Å². The third-order valence-corrected chi connectivity index (χ3v) is 3.18. The summed E-state index contributed by atoms with van der Waals surface area (Å²) in [6.45, 7) is 4.43. The first-order valence-electron chi connectivity index (χ1n) is 5.51. The number of aromatic nitrogens is 2. The molecule has 1 N–H and O–H groups in total. The van der Waals surface area contributed by atoms with E-state index in [2.05, 4.69) is 21.0 Å². The van der Waals surface area contributed by atoms with Crippen LogP contribution in [-0.4, -0.2) is 14.9 Å². The fraction of sp³-hybridized carbons (Fsp3) is 0.308. The van der Waals surface area contributed by atoms with Gasteiger partial charge in [0.15, 0.2) is 0 Å². The van der Waals surface area contributed by atoms with Crippen molar-refractivity contribution < 1.29 is 5.11 Å². The summed E-state index contributed by atoms with van der Waals surface area (Å²) in [7, 11) is 0. The standard InChI is InChI=1S/C13H15BrN2O/c1-9-6-10(2)16(15-9)8-13(17)11-4-3-5-12(14)7-11/h3-7,13,17H,8H2,1-2H3. The van der Waals surface area contributed by atoms with Gasteiger partial charge in [-0.25, -0.2) is 0 Å². The van der Waals surface area contributed by atoms with Gasteiger partial charge < -0.3 is 5.11 Å². The van der Waals surface area contributed by atoms with E-state index in [1.54, 1.807) is 0 Å². The molecule has 0 radical (unpaired) electrons. The van der Waals surface area contributed by atoms with Crippen molar-refractivity contribution in [3.8, 4) is 0 Å². The van der Waals surface area contributed by atoms with Crippen molar-refractivity contribution in [2.24, 2.45) is 0 Å². The quantitative estimate of drug-likeness (QED) is 0.945. The number of nitrogens with zero attached hydrogens (tertiary/aromatic N) is 2. The summed E-state index contributed by atoms with van der Waals surface area (Å²) in [4.78, 5) is 0. The summed E-state index contributed by atoms with van der Waals surface area (Å²) >= 11 is 3.40. The van der Waals surface area contributed by atoms with Crippen molar-refractivity contribution in [1.29, 1.82) is 0 Å². The van der Waals surface area contributed by atoms with Gasteiger partial charge >= 0.3 is 0 Å². The predicted molar refractivity (Wildman–Crippen MR) is 70.8 cm³/mol. The molecule has 0 spiro atoms. The lowest BCUT2D eigenvalue weighted by Gasteiger charge is -2.12. The van der Waals surface area contributed by atoms with Crippen LogP contribution < -0.4 is 0 Å². The van der Waals surface area contributed by atoms with E-state index in [0.29, 0.717) is 6.54 Å². The van der Waals surface area contributed by atoms with Crippen molar-refractivity contribution in [1.82, 2.24) is 9.78 Å². The molecule has 1 atom stereocenters. The van der Waals surface area contributed by atoms with E-state index >= 15 is 0 Å². The third kappa shape index (κ3) is 2.96. The van der Waals surface area contributed by atoms with Gasteiger partial charge in [-0.1, -0.05) is 28.1 Å². The van der Waals surface area contributed by atoms with Crippen LogP contribution in [0.15, 0.2) is 34.8 Å². The lowest BCUT2D eigenvalue weighted by molar-refractivity contribution is 0.150. The van der Waals surface area contributed by atoms with Gasteiger partial charge in [0, 0.05) is 10.2 Å². The fourth-order valence-electron chi connectivity index (χ4n) is 1.84. The van der Waals surface area contributed by atoms with Gasteiger partial charge in [-0.05, 0) is 37.6 Å². The average Bonchev–Trinajstić information content (AvgIpc) is 2.57. The van der Waals surface area contributed by atoms with Crippen molar-refractivity contribution in [2.75, 3.05) is 0 Å². The van der Waals surface area contributed by atoms with Crippen LogP contribution >= 0.6 is 15.9 Å². The van der Waals surface area contributed by atoms with E-state index in [1.807, 2.05) is 48.9 Å². The van der Waals surface area contributed by atoms with Crippen LogP contribution in [0.1, 0.15) is 23.1 Å². The molecule has 17 heavy (non-hydrogen) atoms. The first-order chi connectivity index (χ1) is 8.06. The number of hydrogen-bond donors (Lipinski definition) is 1. The lowest BCUT2D eigenvalue weighted by Crippen LogP contribution is -2.11. The monoisotopic (exact) mass is 294 g/mol. The number of rotatable bonds is 3. The summed E-state index contributed by atoms with van der Waals surface area (Å²) in [6.07, 6.45) is -0.537. The minimum atomic E-state index is -0.537. The molecule has 0 amide bonds. The molecule has 3 nitrogen and oxygen atoms in total. The number of aliphatic hydroxyl groups excluding tert-OH is 1. The van der Waals surface area contributed by atoms with Crippen LogP contribution in [0.2, 0.25) is 0 Å². The molecule has 2 rings (SSSR count). The van der Waals surface area contributed by atoms with E-state index in [9.17, 15) is 5.11 Å². The summed E-state index contributed by atoms with van der Waals surface area (Å²) in [5.74, 6) is 0. The Balaban J connectivity index is 2.16. The maximum Gasteiger partial charge on any atom is 0.0986 e. The molecule has 0 aliphatic rings. The molecule has 0 bridgehead atoms. The fourth-order valence-corrected chi connectivity index (χ4v) is 2.26. The summed E-state index contributed by atoms with van der Waals surface area (Å²) < 4.78 is 2.81. The second-order valence-corrected chi connectivity index (χ2v) is 5.10. The zero-order chi connectivity index (χ0) is 12.4. The molecule has 0 saturated carbocycles. The van der Waals surface area contributed by atoms with Crippen LogP contribution in [-0.2, 0) is 6.54 Å². The Hall–Kier alpha value is -1.13. The van der Waals surface area contributed by atoms with Gasteiger partial charge in [-0.3, -0.25) is 4.68 Å². The smallest absolute Gasteiger partial charge is 0.0986 e. The topological polar surface area (TPSA) is 38.0 Å². The summed E-state index contributed by atoms with van der Waals surface area (Å²) in [5.41, 5.74) is 2.94. The Kier molecular flexibility index (Phi) is 3.64. The highest BCUT2D eigenvalue weighted by Gasteiger charge is 2.11. The molecule has 0 aliphatic heterocycles. The van der Waals surface area contributed by atoms with Crippen molar-refractivity contribution >= 4 is 15.9 Å². The van der Waals surface area contributed by atoms with E-state index in [-0.39, 0.29) is 0 Å². The zero-order valence-corrected chi connectivity index (χ0v) is 11.5. The van der Waals surface area contributed by atoms with Gasteiger partial charge in [0.25, 0.3) is 0 Å². The second kappa shape index (κ2) is 5.02. The minimum absolute atomic E-state index is 0.482. The van der Waals surface area contributed by atoms with Gasteiger partial charge in [0.05, 0.1) is 18.3 Å². The summed E-state index contributed by atoms with van der Waals surface area (Å²) in [6, 6.07) is 9.72. The van der Waals surface area contributed by atoms with Gasteiger partial charge in [-0.15, -0.1) is 0 Å². The Bertz CT molecular complexity index is 522. The van der Waals surface area contributed by atoms with Gasteiger partial charge in [0.1, 0.15) is 0 Å². The first kappa shape index (κ1) is 12.3. The molecular weight excluding hydrogens is 280 g/mol. The van der Waals surface area contributed by atoms with Crippen molar-refractivity contribution in [3.05, 3.63) is 51.8 Å². The maximum atomic E-state index is 10.2. The molecule has 0 saturated heterocycles. The number of benzene rings is 1. The molecule has 90 valence electrons. The number of halogens is 1. The highest BCUT2D eigenvalue weighted by Crippen LogP contribution is 2.20. The highest BCUT2D eigenvalue weighted by atomic mass is 79.9. The molecule has 1 heterocycles. The Morgan fingerprint density at radius 1 is 1.35 bits per heavy atom. The first-order valence-corrected chi connectivity index (χ1v) is 6.30. The number of aliphatic hydroxyl groups is 1. The third-order valence-electron chi connectivity index (χ3n) is 2.68. The maximum absolute atomic E-state index is 10.2. The number of hydrogen-bond acceptors (Lipinski definition) is 2. The predicted octanol–water partition coefficient (Wildman–Crippen LogP) is 3.00. The SMILES string of the molecule is Cc1cc(C)n(CC(O)c2cccc(Br)c2)n1. The average molecular weight is 295 g/mol. The summed E-state index contributed by atoms with van der Waals surface area (Å²) in [5, 5.41) is 14.5. The van der Waals surface area contributed by atoms with Crippen LogP contribution in [0, 0.1) is 13.8 Å². The largest absolute Gasteiger partial charge is 0.386 e. The highest BCUT2D eigenvalue weighted by molar-refractivity contribution is 9.10. The van der Waals surface area contributed by atoms with E-state index in [4.69, 9.17) is 0 Å². The van der Waals surface area contributed by atoms with E-state index in [1.165, 1.54) is 0 Å². The molecule has 2 aromatic rings. The van der Waals surface area contributed by atoms with Crippen molar-refractivity contribution in [2.45, 2.75) is 26.5 Å². The molecule has 1 unspecified atom stereocenters. The van der Waals surface area contributed by atoms with E-state index < -0.39 is 6.10 Å². The number of aryl methyl sites for hydroxylation is 2. The molecule has 0 fully saturated rings. The zero-order valence-electron chi connectivity index (χ0n) is 9.89. The van der Waals surface area contributed by atoms with Crippen LogP contribution in [0.25, 0.3) is 0 Å². The molecule has 1 aromatic heterocycles. The van der Waals surface area contributed by atoms with Crippen LogP contribution in [0.3, 0.4) is 0 Å². The molecular formula is C13H15BrN2O. The Morgan fingerprint density at radius 3 is 2.71 bits per heavy atom. The minimum Gasteiger partial charge on any atom is -0.386 e. The lowest BCUT2D eigenvalue weighted by atomic mass is 10.1. The van der Waals surface area contributed by atoms with Crippen LogP contribution in [0.5, 0.6) is 0 Å². The molecule has 1 aromatic carbocycles.